The fourth-order valence-corrected chi connectivity index (χ4v) is 3.70. The van der Waals surface area contributed by atoms with Gasteiger partial charge in [0.2, 0.25) is 0 Å². The average Bonchev–Trinajstić information content (AvgIpc) is 3.11. The average molecular weight is 369 g/mol. The maximum Gasteiger partial charge on any atom is 0.325 e. The van der Waals surface area contributed by atoms with Gasteiger partial charge in [-0.2, -0.15) is 10.5 Å². The monoisotopic (exact) mass is 369 g/mol. The second-order valence-electron chi connectivity index (χ2n) is 4.96. The van der Waals surface area contributed by atoms with Gasteiger partial charge in [0.25, 0.3) is 11.4 Å². The van der Waals surface area contributed by atoms with Crippen LogP contribution in [-0.2, 0) is 0 Å². The predicted octanol–water partition coefficient (Wildman–Crippen LogP) is 0.796. The number of hydrogen-bond acceptors (Lipinski definition) is 9. The third kappa shape index (κ3) is 2.26. The minimum atomic E-state index is -0.803. The standard InChI is InChI=1S/C14H3N5O6S/c15-4-6(5-16)8-1-7(17(20)21)2-9-12(8)10-3-11(18(22)23)26-14(10)13(9)19(24)25/h1-3H. The molecule has 0 radical (unpaired) electrons. The van der Waals surface area contributed by atoms with Crippen molar-refractivity contribution in [1.82, 2.24) is 0 Å². The quantitative estimate of drug-likeness (QED) is 0.563. The van der Waals surface area contributed by atoms with Gasteiger partial charge in [0.05, 0.1) is 20.3 Å². The van der Waals surface area contributed by atoms with E-state index in [2.05, 4.69) is 0 Å². The van der Waals surface area contributed by atoms with Crippen molar-refractivity contribution in [1.29, 1.82) is 10.5 Å². The van der Waals surface area contributed by atoms with E-state index >= 15 is 0 Å². The van der Waals surface area contributed by atoms with Crippen LogP contribution in [0.15, 0.2) is 18.2 Å². The summed E-state index contributed by atoms with van der Waals surface area (Å²) in [6.45, 7) is 0. The van der Waals surface area contributed by atoms with E-state index in [1.165, 1.54) is 0 Å². The Morgan fingerprint density at radius 2 is 1.62 bits per heavy atom. The number of non-ortho nitro benzene ring substituents is 1. The number of fused-ring (bicyclic) bond motifs is 2. The molecule has 0 fully saturated rings. The summed E-state index contributed by atoms with van der Waals surface area (Å²) >= 11 is 0.550. The lowest BCUT2D eigenvalue weighted by molar-refractivity contribution is -0.385. The normalized spacial score (nSPS) is 11.1. The Kier molecular flexibility index (Phi) is 3.68. The summed E-state index contributed by atoms with van der Waals surface area (Å²) in [5.74, 6) is 0. The molecule has 1 aromatic heterocycles. The van der Waals surface area contributed by atoms with Gasteiger partial charge in [-0.05, 0) is 0 Å². The van der Waals surface area contributed by atoms with Crippen LogP contribution in [0.5, 0.6) is 0 Å². The smallest absolute Gasteiger partial charge is 0.258 e. The predicted molar refractivity (Wildman–Crippen MR) is 85.1 cm³/mol. The summed E-state index contributed by atoms with van der Waals surface area (Å²) in [7, 11) is 0. The largest absolute Gasteiger partial charge is 0.325 e. The van der Waals surface area contributed by atoms with Crippen LogP contribution in [0.25, 0.3) is 11.3 Å². The highest BCUT2D eigenvalue weighted by Crippen LogP contribution is 2.27. The second kappa shape index (κ2) is 5.73. The zero-order valence-electron chi connectivity index (χ0n) is 12.3. The minimum absolute atomic E-state index is 0.0275. The Morgan fingerprint density at radius 1 is 0.962 bits per heavy atom. The number of thiophene rings is 1. The van der Waals surface area contributed by atoms with Gasteiger partial charge >= 0.3 is 5.00 Å². The highest BCUT2D eigenvalue weighted by molar-refractivity contribution is 7.13. The van der Waals surface area contributed by atoms with Gasteiger partial charge in [-0.15, -0.1) is 0 Å². The van der Waals surface area contributed by atoms with Gasteiger partial charge in [0, 0.05) is 33.9 Å². The Morgan fingerprint density at radius 3 is 2.12 bits per heavy atom. The van der Waals surface area contributed by atoms with E-state index in [0.717, 1.165) is 18.2 Å². The first-order chi connectivity index (χ1) is 12.3. The van der Waals surface area contributed by atoms with E-state index in [4.69, 9.17) is 10.5 Å². The van der Waals surface area contributed by atoms with Gasteiger partial charge < -0.3 is 0 Å². The van der Waals surface area contributed by atoms with E-state index < -0.39 is 31.7 Å². The summed E-state index contributed by atoms with van der Waals surface area (Å²) in [4.78, 5) is 31.3. The molecule has 1 aliphatic carbocycles. The van der Waals surface area contributed by atoms with Crippen LogP contribution in [0.3, 0.4) is 0 Å². The molecule has 12 heteroatoms. The van der Waals surface area contributed by atoms with Crippen LogP contribution in [0, 0.1) is 63.4 Å². The highest BCUT2D eigenvalue weighted by atomic mass is 32.1. The van der Waals surface area contributed by atoms with Gasteiger partial charge in [0.1, 0.15) is 22.2 Å². The molecule has 2 aromatic rings. The number of nitrogens with zero attached hydrogens (tertiary/aromatic N) is 5. The SMILES string of the molecule is N#CC(C#N)=c1cc([N+](=O)[O-])cc2c1=c1cc([N+](=O)[O-])sc1=C2[N+](=O)[O-]. The Bertz CT molecular complexity index is 1330. The molecule has 11 nitrogen and oxygen atoms in total. The van der Waals surface area contributed by atoms with Gasteiger partial charge in [-0.25, -0.2) is 0 Å². The molecule has 0 spiro atoms. The molecule has 1 heterocycles. The number of nitro groups is 3. The number of benzene rings is 1. The lowest BCUT2D eigenvalue weighted by Crippen LogP contribution is -2.12. The molecule has 0 saturated heterocycles. The molecule has 1 aliphatic rings. The molecule has 0 atom stereocenters. The van der Waals surface area contributed by atoms with E-state index in [0.29, 0.717) is 11.3 Å². The zero-order valence-corrected chi connectivity index (χ0v) is 13.1. The van der Waals surface area contributed by atoms with Gasteiger partial charge in [-0.1, -0.05) is 11.3 Å². The van der Waals surface area contributed by atoms with Crippen molar-refractivity contribution in [2.24, 2.45) is 0 Å². The summed E-state index contributed by atoms with van der Waals surface area (Å²) in [6.07, 6.45) is 0. The summed E-state index contributed by atoms with van der Waals surface area (Å²) in [6, 6.07) is 6.19. The van der Waals surface area contributed by atoms with Gasteiger partial charge in [-0.3, -0.25) is 30.3 Å². The van der Waals surface area contributed by atoms with E-state index in [-0.39, 0.29) is 30.8 Å². The molecule has 0 bridgehead atoms. The van der Waals surface area contributed by atoms with E-state index in [1.807, 2.05) is 0 Å². The Balaban J connectivity index is 2.73. The lowest BCUT2D eigenvalue weighted by Gasteiger charge is -1.99. The van der Waals surface area contributed by atoms with E-state index in [1.54, 1.807) is 12.1 Å². The lowest BCUT2D eigenvalue weighted by atomic mass is 10.1. The summed E-state index contributed by atoms with van der Waals surface area (Å²) in [5, 5.41) is 51.5. The maximum atomic E-state index is 11.5. The molecule has 26 heavy (non-hydrogen) atoms. The first-order valence-corrected chi connectivity index (χ1v) is 7.42. The van der Waals surface area contributed by atoms with Crippen molar-refractivity contribution in [2.75, 3.05) is 0 Å². The fourth-order valence-electron chi connectivity index (χ4n) is 2.68. The number of nitriles is 2. The molecule has 0 N–H and O–H groups in total. The van der Waals surface area contributed by atoms with Crippen LogP contribution >= 0.6 is 11.3 Å². The molecule has 126 valence electrons. The van der Waals surface area contributed by atoms with Gasteiger partial charge in [0.15, 0.2) is 0 Å². The second-order valence-corrected chi connectivity index (χ2v) is 5.99. The van der Waals surface area contributed by atoms with Crippen molar-refractivity contribution in [3.63, 3.8) is 0 Å². The van der Waals surface area contributed by atoms with E-state index in [9.17, 15) is 30.3 Å². The molecule has 0 aliphatic heterocycles. The molecule has 3 rings (SSSR count). The molecule has 0 unspecified atom stereocenters. The number of nitro benzene ring substituents is 1. The topological polar surface area (TPSA) is 177 Å². The van der Waals surface area contributed by atoms with Crippen molar-refractivity contribution >= 4 is 33.3 Å². The van der Waals surface area contributed by atoms with Crippen molar-refractivity contribution < 1.29 is 14.8 Å². The van der Waals surface area contributed by atoms with Crippen LogP contribution in [0.1, 0.15) is 5.56 Å². The van der Waals surface area contributed by atoms with Crippen LogP contribution < -0.4 is 9.75 Å². The van der Waals surface area contributed by atoms with Crippen molar-refractivity contribution in [3.8, 4) is 12.1 Å². The van der Waals surface area contributed by atoms with Crippen LogP contribution in [0.2, 0.25) is 0 Å². The van der Waals surface area contributed by atoms with Crippen LogP contribution in [0.4, 0.5) is 10.7 Å². The van der Waals surface area contributed by atoms with Crippen molar-refractivity contribution in [2.45, 2.75) is 0 Å². The molecule has 0 saturated carbocycles. The Labute approximate surface area is 145 Å². The number of rotatable bonds is 3. The minimum Gasteiger partial charge on any atom is -0.258 e. The molecule has 0 amide bonds. The summed E-state index contributed by atoms with van der Waals surface area (Å²) in [5.41, 5.74) is -1.72. The molecule has 1 aromatic carbocycles. The zero-order chi connectivity index (χ0) is 19.2. The van der Waals surface area contributed by atoms with Crippen LogP contribution in [-0.4, -0.2) is 14.8 Å². The maximum absolute atomic E-state index is 11.5. The highest BCUT2D eigenvalue weighted by Gasteiger charge is 2.30. The first kappa shape index (κ1) is 16.7. The van der Waals surface area contributed by atoms with Crippen molar-refractivity contribution in [3.05, 3.63) is 74.3 Å². The number of hydrogen-bond donors (Lipinski definition) is 0. The third-order valence-corrected chi connectivity index (χ3v) is 4.74. The molecular formula is C14H3N5O6S. The molecular weight excluding hydrogens is 366 g/mol. The first-order valence-electron chi connectivity index (χ1n) is 6.60. The summed E-state index contributed by atoms with van der Waals surface area (Å²) < 4.78 is -0.0475. The fraction of sp³-hybridized carbons (Fsp3) is 0. The third-order valence-electron chi connectivity index (χ3n) is 3.65. The Hall–Kier alpha value is -4.16.